The Kier molecular flexibility index (Phi) is 6.20. The molecule has 0 aromatic heterocycles. The number of hydrogen-bond donors (Lipinski definition) is 1. The van der Waals surface area contributed by atoms with Gasteiger partial charge in [-0.05, 0) is 41.2 Å². The highest BCUT2D eigenvalue weighted by Gasteiger charge is 2.02. The van der Waals surface area contributed by atoms with Crippen LogP contribution >= 0.6 is 0 Å². The number of unbranched alkanes of at least 4 members (excludes halogenated alkanes) is 1. The van der Waals surface area contributed by atoms with E-state index in [4.69, 9.17) is 0 Å². The second-order valence-electron chi connectivity index (χ2n) is 5.63. The third kappa shape index (κ3) is 4.73. The van der Waals surface area contributed by atoms with Crippen LogP contribution in [-0.2, 0) is 17.8 Å². The maximum absolute atomic E-state index is 11.4. The third-order valence-corrected chi connectivity index (χ3v) is 3.84. The van der Waals surface area contributed by atoms with E-state index in [2.05, 4.69) is 54.7 Å². The molecule has 2 nitrogen and oxygen atoms in total. The van der Waals surface area contributed by atoms with E-state index in [0.717, 1.165) is 12.0 Å². The molecule has 0 aliphatic rings. The smallest absolute Gasteiger partial charge is 0.219 e. The first-order valence-electron chi connectivity index (χ1n) is 8.18. The molecule has 22 heavy (non-hydrogen) atoms. The molecule has 2 aromatic carbocycles. The first-order valence-corrected chi connectivity index (χ1v) is 8.18. The van der Waals surface area contributed by atoms with Gasteiger partial charge in [0.2, 0.25) is 5.91 Å². The summed E-state index contributed by atoms with van der Waals surface area (Å²) in [6.45, 7) is 4.68. The van der Waals surface area contributed by atoms with Crippen molar-refractivity contribution in [3.63, 3.8) is 0 Å². The molecule has 0 atom stereocenters. The largest absolute Gasteiger partial charge is 0.352 e. The van der Waals surface area contributed by atoms with E-state index in [1.807, 2.05) is 13.0 Å². The van der Waals surface area contributed by atoms with Crippen LogP contribution in [0, 0.1) is 0 Å². The summed E-state index contributed by atoms with van der Waals surface area (Å²) in [5.74, 6) is 0.0886. The molecule has 0 saturated heterocycles. The van der Waals surface area contributed by atoms with Gasteiger partial charge in [-0.15, -0.1) is 0 Å². The first kappa shape index (κ1) is 16.3. The van der Waals surface area contributed by atoms with Gasteiger partial charge in [0, 0.05) is 13.0 Å². The first-order chi connectivity index (χ1) is 10.7. The minimum atomic E-state index is 0.0886. The van der Waals surface area contributed by atoms with Crippen LogP contribution in [0.25, 0.3) is 11.1 Å². The van der Waals surface area contributed by atoms with Crippen LogP contribution in [0.3, 0.4) is 0 Å². The van der Waals surface area contributed by atoms with Gasteiger partial charge in [0.1, 0.15) is 0 Å². The van der Waals surface area contributed by atoms with Crippen LogP contribution in [0.2, 0.25) is 0 Å². The average molecular weight is 295 g/mol. The topological polar surface area (TPSA) is 29.1 Å². The Bertz CT molecular complexity index is 601. The third-order valence-electron chi connectivity index (χ3n) is 3.84. The number of carbonyl (C=O) groups excluding carboxylic acids is 1. The van der Waals surface area contributed by atoms with Gasteiger partial charge in [0.25, 0.3) is 0 Å². The molecular formula is C20H25NO. The predicted octanol–water partition coefficient (Wildman–Crippen LogP) is 4.72. The molecule has 1 amide bonds. The molecule has 116 valence electrons. The maximum Gasteiger partial charge on any atom is 0.219 e. The molecule has 2 aromatic rings. The summed E-state index contributed by atoms with van der Waals surface area (Å²) in [4.78, 5) is 11.4. The number of benzene rings is 2. The Morgan fingerprint density at radius 3 is 2.41 bits per heavy atom. The lowest BCUT2D eigenvalue weighted by Gasteiger charge is -2.08. The van der Waals surface area contributed by atoms with Crippen LogP contribution < -0.4 is 5.32 Å². The van der Waals surface area contributed by atoms with Crippen LogP contribution in [0.15, 0.2) is 48.5 Å². The molecule has 2 heteroatoms. The number of nitrogens with one attached hydrogen (secondary N) is 1. The van der Waals surface area contributed by atoms with Crippen molar-refractivity contribution in [3.8, 4) is 11.1 Å². The van der Waals surface area contributed by atoms with Gasteiger partial charge in [0.15, 0.2) is 0 Å². The lowest BCUT2D eigenvalue weighted by atomic mass is 10.00. The van der Waals surface area contributed by atoms with Gasteiger partial charge in [-0.2, -0.15) is 0 Å². The minimum Gasteiger partial charge on any atom is -0.352 e. The maximum atomic E-state index is 11.4. The van der Waals surface area contributed by atoms with E-state index in [9.17, 15) is 4.79 Å². The van der Waals surface area contributed by atoms with Crippen LogP contribution in [0.1, 0.15) is 44.2 Å². The zero-order valence-corrected chi connectivity index (χ0v) is 13.6. The lowest BCUT2D eigenvalue weighted by Crippen LogP contribution is -2.21. The van der Waals surface area contributed by atoms with Crippen molar-refractivity contribution in [3.05, 3.63) is 59.7 Å². The number of aryl methyl sites for hydroxylation is 1. The summed E-state index contributed by atoms with van der Waals surface area (Å²) < 4.78 is 0. The van der Waals surface area contributed by atoms with Crippen molar-refractivity contribution < 1.29 is 4.79 Å². The quantitative estimate of drug-likeness (QED) is 0.786. The Balaban J connectivity index is 2.06. The Morgan fingerprint density at radius 1 is 0.955 bits per heavy atom. The molecule has 0 unspecified atom stereocenters. The van der Waals surface area contributed by atoms with Gasteiger partial charge in [0.05, 0.1) is 0 Å². The molecule has 0 saturated carbocycles. The fourth-order valence-electron chi connectivity index (χ4n) is 2.43. The molecule has 0 fully saturated rings. The summed E-state index contributed by atoms with van der Waals surface area (Å²) in [7, 11) is 0. The zero-order valence-electron chi connectivity index (χ0n) is 13.6. The van der Waals surface area contributed by atoms with Crippen molar-refractivity contribution >= 4 is 5.91 Å². The van der Waals surface area contributed by atoms with E-state index in [-0.39, 0.29) is 5.91 Å². The summed E-state index contributed by atoms with van der Waals surface area (Å²) in [6.07, 6.45) is 4.15. The van der Waals surface area contributed by atoms with E-state index in [1.54, 1.807) is 0 Å². The Hall–Kier alpha value is -2.09. The molecular weight excluding hydrogens is 270 g/mol. The summed E-state index contributed by atoms with van der Waals surface area (Å²) >= 11 is 0. The van der Waals surface area contributed by atoms with Gasteiger partial charge in [-0.1, -0.05) is 62.7 Å². The van der Waals surface area contributed by atoms with Gasteiger partial charge in [-0.3, -0.25) is 4.79 Å². The second kappa shape index (κ2) is 8.38. The van der Waals surface area contributed by atoms with Crippen molar-refractivity contribution in [2.75, 3.05) is 0 Å². The van der Waals surface area contributed by atoms with Crippen LogP contribution in [-0.4, -0.2) is 5.91 Å². The molecule has 1 N–H and O–H groups in total. The SMILES string of the molecule is CCCCc1ccc(-c2cccc(CNC(=O)CC)c2)cc1. The van der Waals surface area contributed by atoms with E-state index in [1.165, 1.54) is 29.5 Å². The highest BCUT2D eigenvalue weighted by atomic mass is 16.1. The molecule has 0 heterocycles. The molecule has 0 spiro atoms. The van der Waals surface area contributed by atoms with Crippen LogP contribution in [0.5, 0.6) is 0 Å². The number of hydrogen-bond acceptors (Lipinski definition) is 1. The molecule has 0 radical (unpaired) electrons. The fourth-order valence-corrected chi connectivity index (χ4v) is 2.43. The van der Waals surface area contributed by atoms with E-state index in [0.29, 0.717) is 13.0 Å². The Labute approximate surface area is 133 Å². The molecule has 0 aliphatic heterocycles. The summed E-state index contributed by atoms with van der Waals surface area (Å²) in [5.41, 5.74) is 4.96. The van der Waals surface area contributed by atoms with Crippen molar-refractivity contribution in [2.24, 2.45) is 0 Å². The van der Waals surface area contributed by atoms with Gasteiger partial charge < -0.3 is 5.32 Å². The lowest BCUT2D eigenvalue weighted by molar-refractivity contribution is -0.120. The molecule has 0 aliphatic carbocycles. The van der Waals surface area contributed by atoms with Crippen molar-refractivity contribution in [1.82, 2.24) is 5.32 Å². The number of carbonyl (C=O) groups is 1. The standard InChI is InChI=1S/C20H25NO/c1-3-5-7-16-10-12-18(13-11-16)19-9-6-8-17(14-19)15-21-20(22)4-2/h6,8-14H,3-5,7,15H2,1-2H3,(H,21,22). The van der Waals surface area contributed by atoms with Gasteiger partial charge in [-0.25, -0.2) is 0 Å². The van der Waals surface area contributed by atoms with Crippen molar-refractivity contribution in [2.45, 2.75) is 46.1 Å². The highest BCUT2D eigenvalue weighted by molar-refractivity contribution is 5.75. The van der Waals surface area contributed by atoms with Crippen LogP contribution in [0.4, 0.5) is 0 Å². The normalized spacial score (nSPS) is 10.5. The fraction of sp³-hybridized carbons (Fsp3) is 0.350. The predicted molar refractivity (Wildman–Crippen MR) is 92.6 cm³/mol. The monoisotopic (exact) mass is 295 g/mol. The second-order valence-corrected chi connectivity index (χ2v) is 5.63. The summed E-state index contributed by atoms with van der Waals surface area (Å²) in [6, 6.07) is 17.2. The Morgan fingerprint density at radius 2 is 1.73 bits per heavy atom. The van der Waals surface area contributed by atoms with E-state index >= 15 is 0 Å². The average Bonchev–Trinajstić information content (AvgIpc) is 2.58. The minimum absolute atomic E-state index is 0.0886. The number of rotatable bonds is 7. The molecule has 2 rings (SSSR count). The molecule has 0 bridgehead atoms. The van der Waals surface area contributed by atoms with Crippen molar-refractivity contribution in [1.29, 1.82) is 0 Å². The number of amides is 1. The zero-order chi connectivity index (χ0) is 15.8. The summed E-state index contributed by atoms with van der Waals surface area (Å²) in [5, 5.41) is 2.92. The van der Waals surface area contributed by atoms with Gasteiger partial charge >= 0.3 is 0 Å². The van der Waals surface area contributed by atoms with E-state index < -0.39 is 0 Å². The highest BCUT2D eigenvalue weighted by Crippen LogP contribution is 2.21.